The number of hydrogen-bond donors (Lipinski definition) is 0. The molecule has 1 saturated heterocycles. The van der Waals surface area contributed by atoms with E-state index in [2.05, 4.69) is 10.3 Å². The highest BCUT2D eigenvalue weighted by Crippen LogP contribution is 2.32. The summed E-state index contributed by atoms with van der Waals surface area (Å²) >= 11 is 6.34. The van der Waals surface area contributed by atoms with Gasteiger partial charge in [-0.25, -0.2) is 13.4 Å². The lowest BCUT2D eigenvalue weighted by Gasteiger charge is -2.35. The largest absolute Gasteiger partial charge is 0.459 e. The van der Waals surface area contributed by atoms with Crippen LogP contribution in [0.25, 0.3) is 16.6 Å². The molecule has 4 heterocycles. The van der Waals surface area contributed by atoms with Gasteiger partial charge in [-0.05, 0) is 67.4 Å². The molecular weight excluding hydrogens is 528 g/mol. The molecule has 0 aliphatic carbocycles. The molecule has 1 fully saturated rings. The van der Waals surface area contributed by atoms with Crippen molar-refractivity contribution in [3.8, 4) is 0 Å². The van der Waals surface area contributed by atoms with Crippen LogP contribution in [0, 0.1) is 13.8 Å². The highest BCUT2D eigenvalue weighted by Gasteiger charge is 2.30. The molecule has 38 heavy (non-hydrogen) atoms. The van der Waals surface area contributed by atoms with Gasteiger partial charge in [0.05, 0.1) is 16.7 Å². The number of amides is 1. The number of aryl methyl sites for hydroxylation is 2. The number of hydrogen-bond acceptors (Lipinski definition) is 8. The predicted molar refractivity (Wildman–Crippen MR) is 141 cm³/mol. The highest BCUT2D eigenvalue weighted by molar-refractivity contribution is 7.91. The zero-order valence-corrected chi connectivity index (χ0v) is 22.2. The van der Waals surface area contributed by atoms with Gasteiger partial charge in [-0.15, -0.1) is 5.10 Å². The maximum Gasteiger partial charge on any atom is 0.289 e. The first-order valence-corrected chi connectivity index (χ1v) is 13.8. The number of sulfone groups is 1. The van der Waals surface area contributed by atoms with Crippen molar-refractivity contribution in [2.45, 2.75) is 23.8 Å². The van der Waals surface area contributed by atoms with Crippen molar-refractivity contribution in [1.82, 2.24) is 24.7 Å². The molecule has 5 aromatic rings. The second-order valence-corrected chi connectivity index (χ2v) is 11.5. The molecule has 3 aromatic heterocycles. The SMILES string of the molecule is Cc1ccc(S(=O)(=O)c2nnn3c2nc(N2CCN(C(=O)c4ccco4)CC2)c2cc(Cl)ccc23)cc1C. The summed E-state index contributed by atoms with van der Waals surface area (Å²) in [6, 6.07) is 13.6. The fraction of sp³-hybridized carbons (Fsp3) is 0.231. The zero-order valence-electron chi connectivity index (χ0n) is 20.6. The van der Waals surface area contributed by atoms with Gasteiger partial charge >= 0.3 is 0 Å². The highest BCUT2D eigenvalue weighted by atomic mass is 35.5. The van der Waals surface area contributed by atoms with E-state index in [1.165, 1.54) is 10.8 Å². The maximum absolute atomic E-state index is 13.6. The molecule has 0 spiro atoms. The number of carbonyl (C=O) groups is 1. The normalized spacial score (nSPS) is 14.5. The lowest BCUT2D eigenvalue weighted by molar-refractivity contribution is 0.0714. The monoisotopic (exact) mass is 550 g/mol. The summed E-state index contributed by atoms with van der Waals surface area (Å²) in [7, 11) is -4.00. The van der Waals surface area contributed by atoms with Gasteiger partial charge in [0.2, 0.25) is 14.9 Å². The topological polar surface area (TPSA) is 114 Å². The minimum Gasteiger partial charge on any atom is -0.459 e. The molecule has 0 bridgehead atoms. The molecule has 0 saturated carbocycles. The van der Waals surface area contributed by atoms with Gasteiger partial charge in [-0.2, -0.15) is 4.52 Å². The molecule has 0 atom stereocenters. The Morgan fingerprint density at radius 1 is 1.00 bits per heavy atom. The second-order valence-electron chi connectivity index (χ2n) is 9.23. The predicted octanol–water partition coefficient (Wildman–Crippen LogP) is 3.94. The van der Waals surface area contributed by atoms with Crippen LogP contribution in [-0.2, 0) is 9.84 Å². The van der Waals surface area contributed by atoms with Crippen molar-refractivity contribution in [3.63, 3.8) is 0 Å². The Labute approximate surface area is 223 Å². The average molecular weight is 551 g/mol. The third-order valence-electron chi connectivity index (χ3n) is 6.90. The van der Waals surface area contributed by atoms with E-state index in [0.717, 1.165) is 11.1 Å². The molecule has 0 unspecified atom stereocenters. The van der Waals surface area contributed by atoms with E-state index >= 15 is 0 Å². The summed E-state index contributed by atoms with van der Waals surface area (Å²) in [4.78, 5) is 21.4. The molecule has 6 rings (SSSR count). The summed E-state index contributed by atoms with van der Waals surface area (Å²) in [6.45, 7) is 5.64. The Kier molecular flexibility index (Phi) is 5.84. The van der Waals surface area contributed by atoms with Crippen LogP contribution < -0.4 is 4.90 Å². The first kappa shape index (κ1) is 24.4. The van der Waals surface area contributed by atoms with Gasteiger partial charge in [0, 0.05) is 36.6 Å². The Balaban J connectivity index is 1.43. The van der Waals surface area contributed by atoms with Crippen LogP contribution in [0.5, 0.6) is 0 Å². The molecule has 1 amide bonds. The molecular formula is C26H23ClN6O4S. The number of carbonyl (C=O) groups excluding carboxylic acids is 1. The summed E-state index contributed by atoms with van der Waals surface area (Å²) in [6.07, 6.45) is 1.47. The van der Waals surface area contributed by atoms with E-state index in [1.54, 1.807) is 53.4 Å². The lowest BCUT2D eigenvalue weighted by atomic mass is 10.1. The van der Waals surface area contributed by atoms with Crippen LogP contribution in [0.15, 0.2) is 69.1 Å². The fourth-order valence-corrected chi connectivity index (χ4v) is 6.13. The van der Waals surface area contributed by atoms with E-state index in [-0.39, 0.29) is 21.5 Å². The zero-order chi connectivity index (χ0) is 26.6. The third-order valence-corrected chi connectivity index (χ3v) is 8.78. The molecule has 12 heteroatoms. The Morgan fingerprint density at radius 3 is 2.50 bits per heavy atom. The third kappa shape index (κ3) is 3.98. The van der Waals surface area contributed by atoms with Gasteiger partial charge in [-0.1, -0.05) is 22.9 Å². The Hall–Kier alpha value is -3.96. The van der Waals surface area contributed by atoms with Crippen molar-refractivity contribution in [2.75, 3.05) is 31.1 Å². The molecule has 0 radical (unpaired) electrons. The number of fused-ring (bicyclic) bond motifs is 3. The Morgan fingerprint density at radius 2 is 1.79 bits per heavy atom. The van der Waals surface area contributed by atoms with Gasteiger partial charge in [-0.3, -0.25) is 4.79 Å². The molecule has 1 aliphatic rings. The fourth-order valence-electron chi connectivity index (χ4n) is 4.64. The van der Waals surface area contributed by atoms with Crippen LogP contribution in [0.2, 0.25) is 5.02 Å². The van der Waals surface area contributed by atoms with Crippen molar-refractivity contribution in [3.05, 3.63) is 76.7 Å². The summed E-state index contributed by atoms with van der Waals surface area (Å²) < 4.78 is 34.0. The van der Waals surface area contributed by atoms with E-state index in [9.17, 15) is 13.2 Å². The molecule has 194 valence electrons. The van der Waals surface area contributed by atoms with E-state index in [0.29, 0.717) is 53.7 Å². The maximum atomic E-state index is 13.6. The van der Waals surface area contributed by atoms with Crippen molar-refractivity contribution in [1.29, 1.82) is 0 Å². The second kappa shape index (κ2) is 9.10. The van der Waals surface area contributed by atoms with Crippen LogP contribution >= 0.6 is 11.6 Å². The Bertz CT molecular complexity index is 1810. The first-order chi connectivity index (χ1) is 18.2. The van der Waals surface area contributed by atoms with Gasteiger partial charge in [0.25, 0.3) is 5.91 Å². The number of piperazine rings is 1. The summed E-state index contributed by atoms with van der Waals surface area (Å²) in [5.74, 6) is 0.674. The smallest absolute Gasteiger partial charge is 0.289 e. The molecule has 1 aliphatic heterocycles. The summed E-state index contributed by atoms with van der Waals surface area (Å²) in [5, 5.41) is 9.22. The minimum absolute atomic E-state index is 0.127. The molecule has 0 N–H and O–H groups in total. The number of halogens is 1. The number of aromatic nitrogens is 4. The van der Waals surface area contributed by atoms with Crippen LogP contribution in [0.1, 0.15) is 21.7 Å². The average Bonchev–Trinajstić information content (AvgIpc) is 3.60. The van der Waals surface area contributed by atoms with Crippen molar-refractivity contribution < 1.29 is 17.6 Å². The first-order valence-electron chi connectivity index (χ1n) is 12.0. The van der Waals surface area contributed by atoms with Crippen LogP contribution in [0.3, 0.4) is 0 Å². The van der Waals surface area contributed by atoms with Crippen LogP contribution in [-0.4, -0.2) is 65.2 Å². The van der Waals surface area contributed by atoms with E-state index < -0.39 is 9.84 Å². The number of anilines is 1. The van der Waals surface area contributed by atoms with E-state index in [1.807, 2.05) is 18.7 Å². The number of nitrogens with zero attached hydrogens (tertiary/aromatic N) is 6. The van der Waals surface area contributed by atoms with Gasteiger partial charge in [0.1, 0.15) is 5.82 Å². The molecule has 2 aromatic carbocycles. The number of benzene rings is 2. The van der Waals surface area contributed by atoms with Crippen molar-refractivity contribution in [2.24, 2.45) is 0 Å². The summed E-state index contributed by atoms with van der Waals surface area (Å²) in [5.41, 5.74) is 2.60. The van der Waals surface area contributed by atoms with E-state index in [4.69, 9.17) is 21.0 Å². The standard InChI is InChI=1S/C26H23ClN6O4S/c1-16-5-7-19(14-17(16)2)38(35,36)25-24-28-23(20-15-18(27)6-8-21(20)33(24)30-29-25)31-9-11-32(12-10-31)26(34)22-4-3-13-37-22/h3-8,13-15H,9-12H2,1-2H3. The lowest BCUT2D eigenvalue weighted by Crippen LogP contribution is -2.49. The quantitative estimate of drug-likeness (QED) is 0.330. The van der Waals surface area contributed by atoms with Crippen molar-refractivity contribution >= 4 is 49.7 Å². The van der Waals surface area contributed by atoms with Crippen LogP contribution in [0.4, 0.5) is 5.82 Å². The minimum atomic E-state index is -4.00. The van der Waals surface area contributed by atoms with Gasteiger partial charge in [0.15, 0.2) is 11.4 Å². The molecule has 10 nitrogen and oxygen atoms in total. The van der Waals surface area contributed by atoms with Gasteiger partial charge < -0.3 is 14.2 Å². The number of rotatable bonds is 4. The number of furan rings is 1.